The third-order valence-corrected chi connectivity index (χ3v) is 3.97. The van der Waals surface area contributed by atoms with Crippen LogP contribution in [0, 0.1) is 5.82 Å². The molecule has 0 bridgehead atoms. The van der Waals surface area contributed by atoms with Crippen molar-refractivity contribution in [2.75, 3.05) is 5.32 Å². The van der Waals surface area contributed by atoms with Crippen molar-refractivity contribution in [3.05, 3.63) is 52.7 Å². The van der Waals surface area contributed by atoms with E-state index in [4.69, 9.17) is 0 Å². The first-order valence-electron chi connectivity index (χ1n) is 6.41. The number of fused-ring (bicyclic) bond motifs is 1. The molecule has 1 atom stereocenters. The molecule has 1 N–H and O–H groups in total. The summed E-state index contributed by atoms with van der Waals surface area (Å²) in [4.78, 5) is 9.69. The maximum absolute atomic E-state index is 13.2. The van der Waals surface area contributed by atoms with Gasteiger partial charge >= 0.3 is 0 Å². The van der Waals surface area contributed by atoms with Crippen molar-refractivity contribution in [1.29, 1.82) is 0 Å². The summed E-state index contributed by atoms with van der Waals surface area (Å²) in [5.41, 5.74) is 0.617. The van der Waals surface area contributed by atoms with Crippen molar-refractivity contribution in [2.24, 2.45) is 0 Å². The fourth-order valence-corrected chi connectivity index (χ4v) is 3.00. The van der Waals surface area contributed by atoms with Gasteiger partial charge in [-0.15, -0.1) is 11.3 Å². The zero-order valence-corrected chi connectivity index (χ0v) is 11.8. The SMILES string of the molecule is CC(Cc1cccs1)Nc1ncnc2cc(F)ccc12. The number of nitrogens with one attached hydrogen (secondary N) is 1. The average molecular weight is 287 g/mol. The van der Waals surface area contributed by atoms with E-state index in [0.29, 0.717) is 5.52 Å². The topological polar surface area (TPSA) is 37.8 Å². The Balaban J connectivity index is 1.83. The molecule has 0 aliphatic carbocycles. The second kappa shape index (κ2) is 5.54. The Morgan fingerprint density at radius 1 is 1.30 bits per heavy atom. The van der Waals surface area contributed by atoms with Gasteiger partial charge in [-0.2, -0.15) is 0 Å². The van der Waals surface area contributed by atoms with Crippen LogP contribution in [0.1, 0.15) is 11.8 Å². The van der Waals surface area contributed by atoms with Gasteiger partial charge in [-0.05, 0) is 30.5 Å². The van der Waals surface area contributed by atoms with E-state index in [9.17, 15) is 4.39 Å². The normalized spacial score (nSPS) is 12.5. The molecule has 0 aliphatic rings. The highest BCUT2D eigenvalue weighted by molar-refractivity contribution is 7.09. The highest BCUT2D eigenvalue weighted by atomic mass is 32.1. The molecule has 5 heteroatoms. The standard InChI is InChI=1S/C15H14FN3S/c1-10(7-12-3-2-6-20-12)19-15-13-5-4-11(16)8-14(13)17-9-18-15/h2-6,8-10H,7H2,1H3,(H,17,18,19). The summed E-state index contributed by atoms with van der Waals surface area (Å²) in [6.07, 6.45) is 2.40. The van der Waals surface area contributed by atoms with Crippen molar-refractivity contribution >= 4 is 28.1 Å². The lowest BCUT2D eigenvalue weighted by molar-refractivity contribution is 0.629. The molecule has 0 aliphatic heterocycles. The van der Waals surface area contributed by atoms with E-state index in [1.807, 2.05) is 0 Å². The Labute approximate surface area is 120 Å². The number of hydrogen-bond donors (Lipinski definition) is 1. The second-order valence-electron chi connectivity index (χ2n) is 4.71. The highest BCUT2D eigenvalue weighted by Crippen LogP contribution is 2.21. The van der Waals surface area contributed by atoms with Gasteiger partial charge in [-0.1, -0.05) is 6.07 Å². The minimum atomic E-state index is -0.284. The zero-order chi connectivity index (χ0) is 13.9. The van der Waals surface area contributed by atoms with E-state index in [1.165, 1.54) is 23.3 Å². The molecule has 1 unspecified atom stereocenters. The Morgan fingerprint density at radius 2 is 2.20 bits per heavy atom. The van der Waals surface area contributed by atoms with Crippen LogP contribution >= 0.6 is 11.3 Å². The smallest absolute Gasteiger partial charge is 0.137 e. The Morgan fingerprint density at radius 3 is 3.00 bits per heavy atom. The molecule has 2 heterocycles. The van der Waals surface area contributed by atoms with Crippen LogP contribution in [-0.4, -0.2) is 16.0 Å². The van der Waals surface area contributed by atoms with Crippen molar-refractivity contribution in [2.45, 2.75) is 19.4 Å². The third-order valence-electron chi connectivity index (χ3n) is 3.07. The molecule has 0 radical (unpaired) electrons. The van der Waals surface area contributed by atoms with Gasteiger partial charge in [0.05, 0.1) is 5.52 Å². The fraction of sp³-hybridized carbons (Fsp3) is 0.200. The molecular formula is C15H14FN3S. The first-order chi connectivity index (χ1) is 9.72. The Bertz CT molecular complexity index is 712. The predicted molar refractivity (Wildman–Crippen MR) is 80.6 cm³/mol. The van der Waals surface area contributed by atoms with Crippen molar-refractivity contribution < 1.29 is 4.39 Å². The first-order valence-corrected chi connectivity index (χ1v) is 7.29. The monoisotopic (exact) mass is 287 g/mol. The van der Waals surface area contributed by atoms with Gasteiger partial charge in [-0.25, -0.2) is 14.4 Å². The van der Waals surface area contributed by atoms with Crippen LogP contribution in [-0.2, 0) is 6.42 Å². The summed E-state index contributed by atoms with van der Waals surface area (Å²) in [7, 11) is 0. The maximum atomic E-state index is 13.2. The largest absolute Gasteiger partial charge is 0.367 e. The molecule has 0 saturated carbocycles. The van der Waals surface area contributed by atoms with E-state index >= 15 is 0 Å². The Kier molecular flexibility index (Phi) is 3.60. The lowest BCUT2D eigenvalue weighted by atomic mass is 10.2. The predicted octanol–water partition coefficient (Wildman–Crippen LogP) is 3.87. The van der Waals surface area contributed by atoms with E-state index < -0.39 is 0 Å². The van der Waals surface area contributed by atoms with Crippen LogP contribution in [0.25, 0.3) is 10.9 Å². The minimum Gasteiger partial charge on any atom is -0.367 e. The summed E-state index contributed by atoms with van der Waals surface area (Å²) >= 11 is 1.75. The van der Waals surface area contributed by atoms with Gasteiger partial charge in [0.1, 0.15) is 18.0 Å². The summed E-state index contributed by atoms with van der Waals surface area (Å²) < 4.78 is 13.2. The van der Waals surface area contributed by atoms with Crippen molar-refractivity contribution in [1.82, 2.24) is 9.97 Å². The van der Waals surface area contributed by atoms with Crippen molar-refractivity contribution in [3.63, 3.8) is 0 Å². The van der Waals surface area contributed by atoms with Crippen LogP contribution in [0.5, 0.6) is 0 Å². The molecule has 3 aromatic rings. The third kappa shape index (κ3) is 2.77. The molecule has 0 saturated heterocycles. The lowest BCUT2D eigenvalue weighted by Gasteiger charge is -2.15. The minimum absolute atomic E-state index is 0.247. The number of aromatic nitrogens is 2. The number of rotatable bonds is 4. The van der Waals surface area contributed by atoms with Crippen LogP contribution in [0.3, 0.4) is 0 Å². The van der Waals surface area contributed by atoms with E-state index in [-0.39, 0.29) is 11.9 Å². The lowest BCUT2D eigenvalue weighted by Crippen LogP contribution is -2.18. The summed E-state index contributed by atoms with van der Waals surface area (Å²) in [5.74, 6) is 0.466. The quantitative estimate of drug-likeness (QED) is 0.791. The average Bonchev–Trinajstić information content (AvgIpc) is 2.91. The molecule has 0 fully saturated rings. The molecule has 0 spiro atoms. The molecule has 102 valence electrons. The van der Waals surface area contributed by atoms with Gasteiger partial charge < -0.3 is 5.32 Å². The van der Waals surface area contributed by atoms with Crippen LogP contribution in [0.2, 0.25) is 0 Å². The number of nitrogens with zero attached hydrogens (tertiary/aromatic N) is 2. The van der Waals surface area contributed by atoms with E-state index in [1.54, 1.807) is 17.4 Å². The number of hydrogen-bond acceptors (Lipinski definition) is 4. The number of halogens is 1. The zero-order valence-electron chi connectivity index (χ0n) is 11.0. The summed E-state index contributed by atoms with van der Waals surface area (Å²) in [6.45, 7) is 2.11. The van der Waals surface area contributed by atoms with Crippen LogP contribution < -0.4 is 5.32 Å². The first kappa shape index (κ1) is 13.0. The maximum Gasteiger partial charge on any atom is 0.137 e. The summed E-state index contributed by atoms with van der Waals surface area (Å²) in [5, 5.41) is 6.29. The van der Waals surface area contributed by atoms with Gasteiger partial charge in [0, 0.05) is 28.8 Å². The molecule has 2 aromatic heterocycles. The van der Waals surface area contributed by atoms with E-state index in [0.717, 1.165) is 17.6 Å². The second-order valence-corrected chi connectivity index (χ2v) is 5.74. The molecule has 20 heavy (non-hydrogen) atoms. The number of anilines is 1. The van der Waals surface area contributed by atoms with Crippen molar-refractivity contribution in [3.8, 4) is 0 Å². The Hall–Kier alpha value is -2.01. The van der Waals surface area contributed by atoms with Gasteiger partial charge in [-0.3, -0.25) is 0 Å². The number of benzene rings is 1. The molecular weight excluding hydrogens is 273 g/mol. The summed E-state index contributed by atoms with van der Waals surface area (Å²) in [6, 6.07) is 8.99. The molecule has 3 rings (SSSR count). The van der Waals surface area contributed by atoms with Gasteiger partial charge in [0.15, 0.2) is 0 Å². The molecule has 0 amide bonds. The highest BCUT2D eigenvalue weighted by Gasteiger charge is 2.09. The number of thiophene rings is 1. The fourth-order valence-electron chi connectivity index (χ4n) is 2.16. The molecule has 3 nitrogen and oxygen atoms in total. The van der Waals surface area contributed by atoms with Crippen LogP contribution in [0.4, 0.5) is 10.2 Å². The van der Waals surface area contributed by atoms with Gasteiger partial charge in [0.2, 0.25) is 0 Å². The van der Waals surface area contributed by atoms with E-state index in [2.05, 4.69) is 39.7 Å². The molecule has 1 aromatic carbocycles. The van der Waals surface area contributed by atoms with Gasteiger partial charge in [0.25, 0.3) is 0 Å². The van der Waals surface area contributed by atoms with Crippen LogP contribution in [0.15, 0.2) is 42.0 Å².